The molecule has 3 aliphatic rings. The van der Waals surface area contributed by atoms with Gasteiger partial charge in [-0.2, -0.15) is 9.37 Å². The van der Waals surface area contributed by atoms with Gasteiger partial charge in [0.05, 0.1) is 13.2 Å². The highest BCUT2D eigenvalue weighted by Crippen LogP contribution is 2.36. The van der Waals surface area contributed by atoms with E-state index in [1.165, 1.54) is 0 Å². The molecule has 0 atom stereocenters. The van der Waals surface area contributed by atoms with E-state index in [2.05, 4.69) is 25.1 Å². The summed E-state index contributed by atoms with van der Waals surface area (Å²) < 4.78 is 36.8. The van der Waals surface area contributed by atoms with Crippen molar-refractivity contribution in [2.75, 3.05) is 56.6 Å². The molecule has 3 aliphatic heterocycles. The van der Waals surface area contributed by atoms with Crippen molar-refractivity contribution in [3.05, 3.63) is 58.8 Å². The summed E-state index contributed by atoms with van der Waals surface area (Å²) in [4.78, 5) is 24.8. The van der Waals surface area contributed by atoms with E-state index in [-0.39, 0.29) is 28.7 Å². The van der Waals surface area contributed by atoms with Gasteiger partial charge in [0.15, 0.2) is 5.82 Å². The largest absolute Gasteiger partial charge is 0.382 e. The molecule has 2 aromatic carbocycles. The molecule has 1 aromatic heterocycles. The number of rotatable bonds is 5. The number of ether oxygens (including phenoxy) is 1. The maximum absolute atomic E-state index is 16.2. The minimum Gasteiger partial charge on any atom is -0.382 e. The number of nitrogens with one attached hydrogen (secondary N) is 1. The first-order valence-electron chi connectivity index (χ1n) is 12.6. The van der Waals surface area contributed by atoms with Crippen LogP contribution in [-0.4, -0.2) is 66.7 Å². The van der Waals surface area contributed by atoms with E-state index in [0.717, 1.165) is 30.8 Å². The van der Waals surface area contributed by atoms with Gasteiger partial charge in [-0.25, -0.2) is 9.37 Å². The molecule has 10 heteroatoms. The molecule has 1 amide bonds. The van der Waals surface area contributed by atoms with E-state index in [9.17, 15) is 4.79 Å². The van der Waals surface area contributed by atoms with Gasteiger partial charge in [-0.05, 0) is 55.8 Å². The molecule has 2 fully saturated rings. The second kappa shape index (κ2) is 9.68. The van der Waals surface area contributed by atoms with Gasteiger partial charge < -0.3 is 20.7 Å². The number of nitrogens with two attached hydrogens (primary N) is 1. The quantitative estimate of drug-likeness (QED) is 0.549. The molecule has 6 rings (SSSR count). The van der Waals surface area contributed by atoms with Crippen molar-refractivity contribution in [3.63, 3.8) is 0 Å². The molecule has 8 nitrogen and oxygen atoms in total. The molecule has 0 bridgehead atoms. The second-order valence-electron chi connectivity index (χ2n) is 9.63. The van der Waals surface area contributed by atoms with E-state index >= 15 is 8.78 Å². The number of anilines is 2. The summed E-state index contributed by atoms with van der Waals surface area (Å²) >= 11 is 0. The minimum atomic E-state index is -0.925. The van der Waals surface area contributed by atoms with Crippen molar-refractivity contribution >= 4 is 17.4 Å². The molecule has 0 aliphatic carbocycles. The highest BCUT2D eigenvalue weighted by Gasteiger charge is 2.27. The number of benzene rings is 2. The zero-order valence-electron chi connectivity index (χ0n) is 20.4. The van der Waals surface area contributed by atoms with Gasteiger partial charge in [-0.15, -0.1) is 0 Å². The number of amides is 1. The number of morpholine rings is 1. The Kier molecular flexibility index (Phi) is 6.21. The minimum absolute atomic E-state index is 0.0520. The van der Waals surface area contributed by atoms with Crippen molar-refractivity contribution in [1.82, 2.24) is 20.2 Å². The Morgan fingerprint density at radius 3 is 2.54 bits per heavy atom. The van der Waals surface area contributed by atoms with Gasteiger partial charge in [0.2, 0.25) is 5.95 Å². The van der Waals surface area contributed by atoms with Crippen molar-refractivity contribution < 1.29 is 18.3 Å². The van der Waals surface area contributed by atoms with Crippen LogP contribution < -0.4 is 16.0 Å². The summed E-state index contributed by atoms with van der Waals surface area (Å²) in [5.74, 6) is -1.65. The van der Waals surface area contributed by atoms with Crippen LogP contribution in [0.15, 0.2) is 30.3 Å². The van der Waals surface area contributed by atoms with E-state index in [1.54, 1.807) is 18.2 Å². The molecule has 0 radical (unpaired) electrons. The number of hydrogen-bond acceptors (Lipinski definition) is 7. The van der Waals surface area contributed by atoms with Gasteiger partial charge in [-0.3, -0.25) is 9.69 Å². The molecule has 3 aromatic rings. The highest BCUT2D eigenvalue weighted by molar-refractivity contribution is 5.97. The fourth-order valence-electron chi connectivity index (χ4n) is 5.19. The number of nitrogen functional groups attached to an aromatic ring is 1. The molecule has 192 valence electrons. The number of carbonyl (C=O) groups excluding carboxylic acids is 1. The Morgan fingerprint density at radius 1 is 1.00 bits per heavy atom. The summed E-state index contributed by atoms with van der Waals surface area (Å²) in [7, 11) is 0. The molecule has 0 saturated carbocycles. The standard InChI is InChI=1S/C27H28F2N6O2/c28-22-19(4-5-21(35-10-12-37-13-11-35)20(22)15-34-8-1-9-34)24-25(29)33-26(30)23(32-24)17-2-3-18-16(14-17)6-7-31-27(18)36/h2-5,14H,1,6-13,15H2,(H2,30,33)(H,31,36). The number of halogens is 2. The first kappa shape index (κ1) is 23.7. The van der Waals surface area contributed by atoms with Crippen molar-refractivity contribution in [2.24, 2.45) is 0 Å². The van der Waals surface area contributed by atoms with Gasteiger partial charge in [0, 0.05) is 54.1 Å². The molecule has 0 unspecified atom stereocenters. The highest BCUT2D eigenvalue weighted by atomic mass is 19.1. The second-order valence-corrected chi connectivity index (χ2v) is 9.63. The zero-order valence-corrected chi connectivity index (χ0v) is 20.4. The summed E-state index contributed by atoms with van der Waals surface area (Å²) in [6.07, 6.45) is 1.74. The summed E-state index contributed by atoms with van der Waals surface area (Å²) in [6.45, 7) is 5.28. The number of likely N-dealkylation sites (tertiary alicyclic amines) is 1. The van der Waals surface area contributed by atoms with Crippen LogP contribution in [0, 0.1) is 11.8 Å². The van der Waals surface area contributed by atoms with E-state index in [4.69, 9.17) is 10.5 Å². The van der Waals surface area contributed by atoms with Gasteiger partial charge in [0.1, 0.15) is 17.2 Å². The number of fused-ring (bicyclic) bond motifs is 1. The third-order valence-corrected chi connectivity index (χ3v) is 7.34. The van der Waals surface area contributed by atoms with Crippen LogP contribution in [0.1, 0.15) is 27.9 Å². The van der Waals surface area contributed by atoms with Crippen LogP contribution in [0.25, 0.3) is 22.5 Å². The Hall–Kier alpha value is -3.63. The summed E-state index contributed by atoms with van der Waals surface area (Å²) in [6, 6.07) is 8.64. The van der Waals surface area contributed by atoms with Gasteiger partial charge >= 0.3 is 0 Å². The molecular formula is C27H28F2N6O2. The topological polar surface area (TPSA) is 96.6 Å². The summed E-state index contributed by atoms with van der Waals surface area (Å²) in [5, 5.41) is 2.81. The molecule has 2 saturated heterocycles. The Bertz CT molecular complexity index is 1370. The predicted molar refractivity (Wildman–Crippen MR) is 136 cm³/mol. The lowest BCUT2D eigenvalue weighted by atomic mass is 9.96. The molecule has 37 heavy (non-hydrogen) atoms. The third kappa shape index (κ3) is 4.40. The number of aromatic nitrogens is 2. The molecule has 3 N–H and O–H groups in total. The van der Waals surface area contributed by atoms with Crippen LogP contribution in [-0.2, 0) is 17.7 Å². The average Bonchev–Trinajstić information content (AvgIpc) is 2.88. The van der Waals surface area contributed by atoms with E-state index in [1.807, 2.05) is 12.1 Å². The first-order chi connectivity index (χ1) is 18.0. The van der Waals surface area contributed by atoms with Gasteiger partial charge in [0.25, 0.3) is 5.91 Å². The number of carbonyl (C=O) groups is 1. The Morgan fingerprint density at radius 2 is 1.78 bits per heavy atom. The third-order valence-electron chi connectivity index (χ3n) is 7.34. The van der Waals surface area contributed by atoms with Crippen LogP contribution in [0.4, 0.5) is 20.3 Å². The molecular weight excluding hydrogens is 478 g/mol. The lowest BCUT2D eigenvalue weighted by molar-refractivity contribution is 0.0946. The maximum Gasteiger partial charge on any atom is 0.251 e. The first-order valence-corrected chi connectivity index (χ1v) is 12.6. The van der Waals surface area contributed by atoms with Crippen LogP contribution in [0.3, 0.4) is 0 Å². The van der Waals surface area contributed by atoms with Crippen molar-refractivity contribution in [3.8, 4) is 22.5 Å². The number of hydrogen-bond donors (Lipinski definition) is 2. The van der Waals surface area contributed by atoms with E-state index < -0.39 is 11.8 Å². The van der Waals surface area contributed by atoms with Crippen LogP contribution in [0.5, 0.6) is 0 Å². The lowest BCUT2D eigenvalue weighted by Crippen LogP contribution is -2.39. The predicted octanol–water partition coefficient (Wildman–Crippen LogP) is 3.00. The fraction of sp³-hybridized carbons (Fsp3) is 0.370. The molecule has 0 spiro atoms. The molecule has 4 heterocycles. The van der Waals surface area contributed by atoms with E-state index in [0.29, 0.717) is 62.5 Å². The van der Waals surface area contributed by atoms with Gasteiger partial charge in [-0.1, -0.05) is 6.07 Å². The smallest absolute Gasteiger partial charge is 0.251 e. The SMILES string of the molecule is Nc1nc(F)c(-c2ccc(N3CCOCC3)c(CN3CCC3)c2F)nc1-c1ccc2c(c1)CCNC2=O. The lowest BCUT2D eigenvalue weighted by Gasteiger charge is -2.35. The number of nitrogens with zero attached hydrogens (tertiary/aromatic N) is 4. The average molecular weight is 507 g/mol. The normalized spacial score (nSPS) is 17.8. The maximum atomic E-state index is 16.2. The van der Waals surface area contributed by atoms with Crippen LogP contribution >= 0.6 is 0 Å². The Labute approximate surface area is 213 Å². The van der Waals surface area contributed by atoms with Crippen molar-refractivity contribution in [2.45, 2.75) is 19.4 Å². The monoisotopic (exact) mass is 506 g/mol. The fourth-order valence-corrected chi connectivity index (χ4v) is 5.19. The van der Waals surface area contributed by atoms with Crippen molar-refractivity contribution in [1.29, 1.82) is 0 Å². The van der Waals surface area contributed by atoms with Crippen LogP contribution in [0.2, 0.25) is 0 Å². The zero-order chi connectivity index (χ0) is 25.5. The summed E-state index contributed by atoms with van der Waals surface area (Å²) in [5.41, 5.74) is 9.56. The Balaban J connectivity index is 1.43.